The molecule has 0 radical (unpaired) electrons. The maximum Gasteiger partial charge on any atom is 0.266 e. The maximum absolute atomic E-state index is 5.88. The molecule has 5 rings (SSSR count). The molecule has 2 aromatic carbocycles. The fraction of sp³-hybridized carbons (Fsp3) is 0.208. The normalized spacial score (nSPS) is 12.0. The van der Waals surface area contributed by atoms with Gasteiger partial charge in [-0.1, -0.05) is 6.07 Å². The van der Waals surface area contributed by atoms with Crippen molar-refractivity contribution in [3.63, 3.8) is 0 Å². The molecule has 0 spiro atoms. The van der Waals surface area contributed by atoms with E-state index in [-0.39, 0.29) is 0 Å². The number of methoxy groups -OCH3 is 4. The van der Waals surface area contributed by atoms with Crippen molar-refractivity contribution in [2.24, 2.45) is 0 Å². The van der Waals surface area contributed by atoms with Gasteiger partial charge in [-0.2, -0.15) is 5.10 Å². The van der Waals surface area contributed by atoms with E-state index in [4.69, 9.17) is 23.4 Å². The first-order chi connectivity index (χ1) is 16.1. The van der Waals surface area contributed by atoms with Crippen LogP contribution in [0, 0.1) is 0 Å². The van der Waals surface area contributed by atoms with Gasteiger partial charge in [-0.3, -0.25) is 5.10 Å². The van der Waals surface area contributed by atoms with Crippen LogP contribution in [0.15, 0.2) is 34.7 Å². The molecule has 1 aliphatic rings. The molecule has 33 heavy (non-hydrogen) atoms. The Labute approximate surface area is 190 Å². The van der Waals surface area contributed by atoms with Crippen LogP contribution < -0.4 is 18.9 Å². The summed E-state index contributed by atoms with van der Waals surface area (Å²) in [7, 11) is 6.44. The zero-order valence-corrected chi connectivity index (χ0v) is 18.6. The van der Waals surface area contributed by atoms with E-state index in [1.54, 1.807) is 34.5 Å². The highest BCUT2D eigenvalue weighted by atomic mass is 16.5. The third-order valence-corrected chi connectivity index (χ3v) is 5.58. The third kappa shape index (κ3) is 3.57. The Morgan fingerprint density at radius 3 is 2.33 bits per heavy atom. The molecule has 0 amide bonds. The molecular weight excluding hydrogens is 424 g/mol. The molecule has 2 aromatic heterocycles. The van der Waals surface area contributed by atoms with E-state index in [1.165, 1.54) is 0 Å². The van der Waals surface area contributed by atoms with Gasteiger partial charge < -0.3 is 23.4 Å². The monoisotopic (exact) mass is 446 g/mol. The van der Waals surface area contributed by atoms with Gasteiger partial charge in [0.25, 0.3) is 5.89 Å². The van der Waals surface area contributed by atoms with Gasteiger partial charge in [0.2, 0.25) is 5.89 Å². The van der Waals surface area contributed by atoms with Crippen LogP contribution in [0.5, 0.6) is 23.0 Å². The minimum absolute atomic E-state index is 0.377. The predicted molar refractivity (Wildman–Crippen MR) is 122 cm³/mol. The Balaban J connectivity index is 1.41. The summed E-state index contributed by atoms with van der Waals surface area (Å²) in [5.41, 5.74) is 5.57. The molecule has 0 saturated carbocycles. The summed E-state index contributed by atoms with van der Waals surface area (Å²) in [6.45, 7) is 0. The summed E-state index contributed by atoms with van der Waals surface area (Å²) < 4.78 is 27.4. The van der Waals surface area contributed by atoms with Crippen molar-refractivity contribution in [3.05, 3.63) is 52.9 Å². The zero-order valence-electron chi connectivity index (χ0n) is 18.6. The van der Waals surface area contributed by atoms with Gasteiger partial charge in [0, 0.05) is 23.6 Å². The fourth-order valence-electron chi connectivity index (χ4n) is 3.94. The van der Waals surface area contributed by atoms with Crippen molar-refractivity contribution in [1.82, 2.24) is 20.4 Å². The Morgan fingerprint density at radius 1 is 0.848 bits per heavy atom. The smallest absolute Gasteiger partial charge is 0.266 e. The quantitative estimate of drug-likeness (QED) is 0.396. The second-order valence-corrected chi connectivity index (χ2v) is 7.36. The number of nitrogens with one attached hydrogen (secondary N) is 1. The molecule has 0 aliphatic heterocycles. The summed E-state index contributed by atoms with van der Waals surface area (Å²) >= 11 is 0. The number of H-pyrrole nitrogens is 1. The highest BCUT2D eigenvalue weighted by Crippen LogP contribution is 2.44. The lowest BCUT2D eigenvalue weighted by atomic mass is 10.1. The highest BCUT2D eigenvalue weighted by molar-refractivity contribution is 5.81. The number of ether oxygens (including phenoxy) is 4. The first-order valence-corrected chi connectivity index (χ1v) is 10.2. The van der Waals surface area contributed by atoms with E-state index < -0.39 is 0 Å². The van der Waals surface area contributed by atoms with Gasteiger partial charge in [0.15, 0.2) is 23.0 Å². The van der Waals surface area contributed by atoms with Crippen LogP contribution in [0.1, 0.15) is 22.6 Å². The average Bonchev–Trinajstić information content (AvgIpc) is 3.56. The molecule has 0 unspecified atom stereocenters. The number of aromatic amines is 1. The van der Waals surface area contributed by atoms with E-state index in [0.29, 0.717) is 46.9 Å². The molecule has 9 nitrogen and oxygen atoms in total. The topological polar surface area (TPSA) is 105 Å². The van der Waals surface area contributed by atoms with Crippen LogP contribution >= 0.6 is 0 Å². The molecular formula is C24H22N4O5. The maximum atomic E-state index is 5.88. The minimum atomic E-state index is 0.377. The fourth-order valence-corrected chi connectivity index (χ4v) is 3.94. The second-order valence-electron chi connectivity index (χ2n) is 7.36. The molecule has 1 N–H and O–H groups in total. The molecule has 1 aliphatic carbocycles. The van der Waals surface area contributed by atoms with E-state index in [0.717, 1.165) is 27.9 Å². The highest BCUT2D eigenvalue weighted by Gasteiger charge is 2.29. The minimum Gasteiger partial charge on any atom is -0.493 e. The Bertz CT molecular complexity index is 1360. The van der Waals surface area contributed by atoms with Gasteiger partial charge in [-0.25, -0.2) is 0 Å². The van der Waals surface area contributed by atoms with Crippen molar-refractivity contribution < 1.29 is 23.4 Å². The number of aromatic nitrogens is 4. The van der Waals surface area contributed by atoms with Crippen LogP contribution in [-0.4, -0.2) is 48.8 Å². The van der Waals surface area contributed by atoms with E-state index >= 15 is 0 Å². The van der Waals surface area contributed by atoms with Crippen molar-refractivity contribution >= 4 is 12.2 Å². The number of hydrogen-bond acceptors (Lipinski definition) is 8. The van der Waals surface area contributed by atoms with Crippen LogP contribution in [0.4, 0.5) is 0 Å². The molecule has 168 valence electrons. The van der Waals surface area contributed by atoms with Crippen LogP contribution in [0.3, 0.4) is 0 Å². The van der Waals surface area contributed by atoms with Crippen LogP contribution in [0.2, 0.25) is 0 Å². The Hall–Kier alpha value is -4.27. The predicted octanol–water partition coefficient (Wildman–Crippen LogP) is 4.24. The molecule has 0 bridgehead atoms. The van der Waals surface area contributed by atoms with Gasteiger partial charge in [-0.15, -0.1) is 10.2 Å². The number of benzene rings is 2. The third-order valence-electron chi connectivity index (χ3n) is 5.58. The van der Waals surface area contributed by atoms with Crippen LogP contribution in [0.25, 0.3) is 35.0 Å². The van der Waals surface area contributed by atoms with E-state index in [1.807, 2.05) is 36.4 Å². The van der Waals surface area contributed by atoms with E-state index in [9.17, 15) is 0 Å². The van der Waals surface area contributed by atoms with Gasteiger partial charge in [-0.05, 0) is 41.5 Å². The number of hydrogen-bond donors (Lipinski definition) is 1. The molecule has 0 atom stereocenters. The molecule has 0 fully saturated rings. The van der Waals surface area contributed by atoms with Crippen molar-refractivity contribution in [2.75, 3.05) is 28.4 Å². The van der Waals surface area contributed by atoms with Crippen molar-refractivity contribution in [1.29, 1.82) is 0 Å². The SMILES string of the molecule is COc1ccc(/C=C/c2nnc(-c3[nH]nc4c3Cc3cc(OC)c(OC)cc3-4)o2)cc1OC. The number of rotatable bonds is 7. The summed E-state index contributed by atoms with van der Waals surface area (Å²) in [6, 6.07) is 9.54. The van der Waals surface area contributed by atoms with Gasteiger partial charge in [0.1, 0.15) is 5.69 Å². The number of nitrogens with zero attached hydrogens (tertiary/aromatic N) is 3. The summed E-state index contributed by atoms with van der Waals surface area (Å²) in [4.78, 5) is 0. The van der Waals surface area contributed by atoms with Crippen molar-refractivity contribution in [3.8, 4) is 45.8 Å². The second kappa shape index (κ2) is 8.34. The molecule has 2 heterocycles. The van der Waals surface area contributed by atoms with Crippen molar-refractivity contribution in [2.45, 2.75) is 6.42 Å². The zero-order chi connectivity index (χ0) is 22.9. The largest absolute Gasteiger partial charge is 0.493 e. The summed E-state index contributed by atoms with van der Waals surface area (Å²) in [6.07, 6.45) is 4.29. The molecule has 4 aromatic rings. The lowest BCUT2D eigenvalue weighted by Crippen LogP contribution is -1.93. The summed E-state index contributed by atoms with van der Waals surface area (Å²) in [5, 5.41) is 15.9. The average molecular weight is 446 g/mol. The van der Waals surface area contributed by atoms with Gasteiger partial charge in [0.05, 0.1) is 34.1 Å². The lowest BCUT2D eigenvalue weighted by Gasteiger charge is -2.09. The van der Waals surface area contributed by atoms with Gasteiger partial charge >= 0.3 is 0 Å². The lowest BCUT2D eigenvalue weighted by molar-refractivity contribution is 0.355. The van der Waals surface area contributed by atoms with Crippen LogP contribution in [-0.2, 0) is 6.42 Å². The van der Waals surface area contributed by atoms with E-state index in [2.05, 4.69) is 20.4 Å². The first kappa shape index (κ1) is 20.6. The molecule has 9 heteroatoms. The number of fused-ring (bicyclic) bond motifs is 3. The Morgan fingerprint density at radius 2 is 1.58 bits per heavy atom. The first-order valence-electron chi connectivity index (χ1n) is 10.2. The summed E-state index contributed by atoms with van der Waals surface area (Å²) in [5.74, 6) is 3.41. The molecule has 0 saturated heterocycles. The standard InChI is InChI=1S/C24H22N4O5/c1-29-17-7-5-13(9-18(17)30-2)6-8-21-25-28-24(33-21)23-16-10-14-11-19(31-3)20(32-4)12-15(14)22(16)26-27-23/h5-9,11-12H,10H2,1-4H3,(H,26,27)/b8-6+. The Kier molecular flexibility index (Phi) is 5.21.